The maximum Gasteiger partial charge on any atom is 0.270 e. The topological polar surface area (TPSA) is 75.9 Å². The van der Waals surface area contributed by atoms with E-state index in [0.717, 1.165) is 5.65 Å². The molecule has 2 heterocycles. The molecule has 2 rings (SSSR count). The largest absolute Gasteiger partial charge is 0.394 e. The van der Waals surface area contributed by atoms with E-state index in [1.807, 2.05) is 32.0 Å². The molecular weight excluding hydrogens is 282 g/mol. The number of aryl methyl sites for hydroxylation is 1. The van der Waals surface area contributed by atoms with Crippen LogP contribution in [-0.4, -0.2) is 46.3 Å². The van der Waals surface area contributed by atoms with E-state index in [9.17, 15) is 9.90 Å². The van der Waals surface area contributed by atoms with Crippen LogP contribution in [0.3, 0.4) is 0 Å². The number of amides is 1. The molecule has 0 saturated heterocycles. The van der Waals surface area contributed by atoms with Crippen LogP contribution in [0.1, 0.15) is 30.0 Å². The molecule has 120 valence electrons. The van der Waals surface area contributed by atoms with Gasteiger partial charge in [-0.15, -0.1) is 0 Å². The Morgan fingerprint density at radius 3 is 2.86 bits per heavy atom. The Bertz CT molecular complexity index is 637. The number of fused-ring (bicyclic) bond motifs is 1. The van der Waals surface area contributed by atoms with Crippen molar-refractivity contribution in [1.29, 1.82) is 0 Å². The van der Waals surface area contributed by atoms with Crippen LogP contribution in [0.4, 0.5) is 0 Å². The second kappa shape index (κ2) is 7.38. The fourth-order valence-electron chi connectivity index (χ4n) is 2.23. The third kappa shape index (κ3) is 3.84. The number of nitrogens with zero attached hydrogens (tertiary/aromatic N) is 2. The van der Waals surface area contributed by atoms with Crippen molar-refractivity contribution < 1.29 is 14.6 Å². The third-order valence-corrected chi connectivity index (χ3v) is 3.25. The van der Waals surface area contributed by atoms with Gasteiger partial charge in [-0.1, -0.05) is 19.9 Å². The highest BCUT2D eigenvalue weighted by atomic mass is 16.5. The smallest absolute Gasteiger partial charge is 0.270 e. The minimum atomic E-state index is -0.431. The van der Waals surface area contributed by atoms with Gasteiger partial charge in [0.05, 0.1) is 24.9 Å². The van der Waals surface area contributed by atoms with Crippen molar-refractivity contribution in [1.82, 2.24) is 14.7 Å². The third-order valence-electron chi connectivity index (χ3n) is 3.25. The first-order valence-corrected chi connectivity index (χ1v) is 7.46. The molecule has 1 atom stereocenters. The number of carbonyl (C=O) groups excluding carboxylic acids is 1. The molecule has 2 aromatic heterocycles. The summed E-state index contributed by atoms with van der Waals surface area (Å²) in [5, 5.41) is 12.2. The van der Waals surface area contributed by atoms with Gasteiger partial charge in [-0.25, -0.2) is 4.98 Å². The SMILES string of the molecule is Cc1nc2ccccn2c1C(=O)NC(CO)COCC(C)C. The molecule has 0 radical (unpaired) electrons. The van der Waals surface area contributed by atoms with Gasteiger partial charge in [-0.3, -0.25) is 9.20 Å². The molecule has 0 aromatic carbocycles. The number of nitrogens with one attached hydrogen (secondary N) is 1. The van der Waals surface area contributed by atoms with Crippen molar-refractivity contribution in [2.45, 2.75) is 26.8 Å². The summed E-state index contributed by atoms with van der Waals surface area (Å²) in [6.45, 7) is 6.62. The molecule has 0 aliphatic carbocycles. The maximum atomic E-state index is 12.5. The number of pyridine rings is 1. The van der Waals surface area contributed by atoms with Crippen LogP contribution >= 0.6 is 0 Å². The molecule has 0 aliphatic rings. The Hall–Kier alpha value is -1.92. The van der Waals surface area contributed by atoms with Gasteiger partial charge in [0.2, 0.25) is 0 Å². The normalized spacial score (nSPS) is 12.8. The van der Waals surface area contributed by atoms with Crippen LogP contribution in [0.25, 0.3) is 5.65 Å². The lowest BCUT2D eigenvalue weighted by Crippen LogP contribution is -2.41. The molecule has 0 spiro atoms. The second-order valence-corrected chi connectivity index (χ2v) is 5.76. The zero-order valence-electron chi connectivity index (χ0n) is 13.2. The first-order valence-electron chi connectivity index (χ1n) is 7.46. The van der Waals surface area contributed by atoms with Gasteiger partial charge < -0.3 is 15.2 Å². The molecule has 22 heavy (non-hydrogen) atoms. The first kappa shape index (κ1) is 16.5. The fourth-order valence-corrected chi connectivity index (χ4v) is 2.23. The molecule has 2 aromatic rings. The number of aliphatic hydroxyl groups excluding tert-OH is 1. The number of aromatic nitrogens is 2. The van der Waals surface area contributed by atoms with E-state index in [-0.39, 0.29) is 19.1 Å². The summed E-state index contributed by atoms with van der Waals surface area (Å²) < 4.78 is 7.23. The number of rotatable bonds is 7. The van der Waals surface area contributed by atoms with Gasteiger partial charge in [0, 0.05) is 12.8 Å². The Labute approximate surface area is 130 Å². The minimum absolute atomic E-state index is 0.167. The van der Waals surface area contributed by atoms with Crippen molar-refractivity contribution in [3.63, 3.8) is 0 Å². The average Bonchev–Trinajstić information content (AvgIpc) is 2.81. The molecule has 0 bridgehead atoms. The number of hydrogen-bond donors (Lipinski definition) is 2. The Morgan fingerprint density at radius 1 is 1.41 bits per heavy atom. The summed E-state index contributed by atoms with van der Waals surface area (Å²) in [4.78, 5) is 16.8. The van der Waals surface area contributed by atoms with Gasteiger partial charge in [0.1, 0.15) is 11.3 Å². The Kier molecular flexibility index (Phi) is 5.51. The van der Waals surface area contributed by atoms with Gasteiger partial charge in [-0.2, -0.15) is 0 Å². The predicted molar refractivity (Wildman–Crippen MR) is 83.9 cm³/mol. The van der Waals surface area contributed by atoms with Gasteiger partial charge >= 0.3 is 0 Å². The molecule has 0 saturated carbocycles. The molecule has 0 aliphatic heterocycles. The number of hydrogen-bond acceptors (Lipinski definition) is 4. The summed E-state index contributed by atoms with van der Waals surface area (Å²) in [6, 6.07) is 5.14. The summed E-state index contributed by atoms with van der Waals surface area (Å²) in [7, 11) is 0. The summed E-state index contributed by atoms with van der Waals surface area (Å²) in [5.41, 5.74) is 1.86. The van der Waals surface area contributed by atoms with Crippen molar-refractivity contribution in [2.75, 3.05) is 19.8 Å². The quantitative estimate of drug-likeness (QED) is 0.811. The molecule has 1 amide bonds. The van der Waals surface area contributed by atoms with Gasteiger partial charge in [0.15, 0.2) is 0 Å². The Balaban J connectivity index is 2.07. The zero-order valence-corrected chi connectivity index (χ0v) is 13.2. The van der Waals surface area contributed by atoms with Crippen LogP contribution in [0.5, 0.6) is 0 Å². The van der Waals surface area contributed by atoms with Crippen LogP contribution in [0, 0.1) is 12.8 Å². The summed E-state index contributed by atoms with van der Waals surface area (Å²) in [6.07, 6.45) is 1.80. The monoisotopic (exact) mass is 305 g/mol. The number of aliphatic hydroxyl groups is 1. The van der Waals surface area contributed by atoms with E-state index in [4.69, 9.17) is 4.74 Å². The van der Waals surface area contributed by atoms with Crippen LogP contribution in [0.2, 0.25) is 0 Å². The highest BCUT2D eigenvalue weighted by Crippen LogP contribution is 2.11. The fraction of sp³-hybridized carbons (Fsp3) is 0.500. The summed E-state index contributed by atoms with van der Waals surface area (Å²) in [5.74, 6) is 0.152. The number of carbonyl (C=O) groups is 1. The molecule has 0 fully saturated rings. The van der Waals surface area contributed by atoms with E-state index in [2.05, 4.69) is 10.3 Å². The van der Waals surface area contributed by atoms with Crippen molar-refractivity contribution >= 4 is 11.6 Å². The molecular formula is C16H23N3O3. The number of ether oxygens (including phenoxy) is 1. The average molecular weight is 305 g/mol. The van der Waals surface area contributed by atoms with E-state index < -0.39 is 6.04 Å². The first-order chi connectivity index (χ1) is 10.5. The lowest BCUT2D eigenvalue weighted by molar-refractivity contribution is 0.0638. The predicted octanol–water partition coefficient (Wildman–Crippen LogP) is 1.41. The van der Waals surface area contributed by atoms with Crippen LogP contribution in [0.15, 0.2) is 24.4 Å². The highest BCUT2D eigenvalue weighted by Gasteiger charge is 2.19. The van der Waals surface area contributed by atoms with Gasteiger partial charge in [-0.05, 0) is 25.0 Å². The zero-order chi connectivity index (χ0) is 16.1. The molecule has 2 N–H and O–H groups in total. The lowest BCUT2D eigenvalue weighted by atomic mass is 10.2. The Morgan fingerprint density at radius 2 is 2.18 bits per heavy atom. The standard InChI is InChI=1S/C16H23N3O3/c1-11(2)9-22-10-13(8-20)18-16(21)15-12(3)17-14-6-4-5-7-19(14)15/h4-7,11,13,20H,8-10H2,1-3H3,(H,18,21). The highest BCUT2D eigenvalue weighted by molar-refractivity contribution is 5.94. The van der Waals surface area contributed by atoms with E-state index in [0.29, 0.717) is 23.9 Å². The molecule has 1 unspecified atom stereocenters. The molecule has 6 nitrogen and oxygen atoms in total. The lowest BCUT2D eigenvalue weighted by Gasteiger charge is -2.17. The van der Waals surface area contributed by atoms with Crippen molar-refractivity contribution in [3.8, 4) is 0 Å². The van der Waals surface area contributed by atoms with E-state index in [1.54, 1.807) is 17.5 Å². The van der Waals surface area contributed by atoms with E-state index in [1.165, 1.54) is 0 Å². The van der Waals surface area contributed by atoms with E-state index >= 15 is 0 Å². The second-order valence-electron chi connectivity index (χ2n) is 5.76. The van der Waals surface area contributed by atoms with Crippen LogP contribution in [-0.2, 0) is 4.74 Å². The van der Waals surface area contributed by atoms with Crippen molar-refractivity contribution in [3.05, 3.63) is 35.8 Å². The maximum absolute atomic E-state index is 12.5. The van der Waals surface area contributed by atoms with Gasteiger partial charge in [0.25, 0.3) is 5.91 Å². The van der Waals surface area contributed by atoms with Crippen molar-refractivity contribution in [2.24, 2.45) is 5.92 Å². The molecule has 6 heteroatoms. The minimum Gasteiger partial charge on any atom is -0.394 e. The number of imidazole rings is 1. The summed E-state index contributed by atoms with van der Waals surface area (Å²) >= 11 is 0. The van der Waals surface area contributed by atoms with Crippen LogP contribution < -0.4 is 5.32 Å².